The van der Waals surface area contributed by atoms with Crippen molar-refractivity contribution in [1.29, 1.82) is 0 Å². The van der Waals surface area contributed by atoms with Crippen molar-refractivity contribution in [3.63, 3.8) is 0 Å². The van der Waals surface area contributed by atoms with E-state index in [1.165, 1.54) is 0 Å². The van der Waals surface area contributed by atoms with Crippen molar-refractivity contribution in [3.8, 4) is 23.1 Å². The number of ether oxygens (including phenoxy) is 2. The molecule has 254 valence electrons. The van der Waals surface area contributed by atoms with Gasteiger partial charge in [0.25, 0.3) is 0 Å². The Morgan fingerprint density at radius 1 is 1.13 bits per heavy atom. The minimum atomic E-state index is -5.09. The molecule has 47 heavy (non-hydrogen) atoms. The predicted molar refractivity (Wildman–Crippen MR) is 162 cm³/mol. The van der Waals surface area contributed by atoms with Gasteiger partial charge in [0.05, 0.1) is 11.3 Å². The quantitative estimate of drug-likeness (QED) is 0.209. The zero-order valence-electron chi connectivity index (χ0n) is 26.2. The van der Waals surface area contributed by atoms with E-state index in [-0.39, 0.29) is 60.2 Å². The van der Waals surface area contributed by atoms with Crippen LogP contribution in [0.1, 0.15) is 57.1 Å². The van der Waals surface area contributed by atoms with Crippen LogP contribution >= 0.6 is 0 Å². The van der Waals surface area contributed by atoms with E-state index in [2.05, 4.69) is 20.3 Å². The Bertz CT molecular complexity index is 1720. The lowest BCUT2D eigenvalue weighted by Gasteiger charge is -2.28. The third kappa shape index (κ3) is 5.38. The van der Waals surface area contributed by atoms with Crippen LogP contribution in [0.5, 0.6) is 11.9 Å². The highest BCUT2D eigenvalue weighted by molar-refractivity contribution is 5.96. The summed E-state index contributed by atoms with van der Waals surface area (Å²) in [7, 11) is 0. The average molecular weight is 666 g/mol. The summed E-state index contributed by atoms with van der Waals surface area (Å²) in [5.74, 6) is -2.66. The Kier molecular flexibility index (Phi) is 7.85. The first-order valence-electron chi connectivity index (χ1n) is 16.1. The summed E-state index contributed by atoms with van der Waals surface area (Å²) in [5.41, 5.74) is 7.20. The molecule has 5 N–H and O–H groups in total. The molecular weight excluding hydrogens is 628 g/mol. The number of alkyl halides is 4. The first-order chi connectivity index (χ1) is 22.3. The molecule has 3 aliphatic heterocycles. The van der Waals surface area contributed by atoms with Crippen molar-refractivity contribution in [2.75, 3.05) is 24.6 Å². The average Bonchev–Trinajstić information content (AvgIpc) is 3.32. The number of rotatable bonds is 8. The van der Waals surface area contributed by atoms with E-state index in [0.717, 1.165) is 39.2 Å². The minimum absolute atomic E-state index is 0.00334. The second-order valence-electron chi connectivity index (χ2n) is 13.3. The summed E-state index contributed by atoms with van der Waals surface area (Å²) in [4.78, 5) is 14.7. The Balaban J connectivity index is 1.34. The maximum Gasteiger partial charge on any atom is 0.417 e. The van der Waals surface area contributed by atoms with E-state index in [0.29, 0.717) is 18.0 Å². The van der Waals surface area contributed by atoms with E-state index in [4.69, 9.17) is 20.9 Å². The number of benzene rings is 1. The minimum Gasteiger partial charge on any atom is -0.474 e. The molecule has 4 aliphatic rings. The van der Waals surface area contributed by atoms with Gasteiger partial charge in [-0.15, -0.1) is 0 Å². The van der Waals surface area contributed by atoms with E-state index in [1.807, 2.05) is 18.7 Å². The van der Waals surface area contributed by atoms with Crippen molar-refractivity contribution >= 4 is 22.4 Å². The van der Waals surface area contributed by atoms with Gasteiger partial charge >= 0.3 is 12.2 Å². The van der Waals surface area contributed by atoms with Crippen molar-refractivity contribution in [2.45, 2.75) is 95.5 Å². The van der Waals surface area contributed by atoms with Gasteiger partial charge in [0.1, 0.15) is 47.1 Å². The second kappa shape index (κ2) is 11.5. The van der Waals surface area contributed by atoms with Gasteiger partial charge in [0.2, 0.25) is 5.88 Å². The number of nitrogens with zero attached hydrogens (tertiary/aromatic N) is 4. The Hall–Kier alpha value is -3.59. The molecule has 7 rings (SSSR count). The molecule has 0 radical (unpaired) electrons. The topological polar surface area (TPSA) is 124 Å². The normalized spacial score (nSPS) is 29.3. The van der Waals surface area contributed by atoms with Crippen LogP contribution in [0.4, 0.5) is 37.8 Å². The first-order valence-corrected chi connectivity index (χ1v) is 16.1. The third-order valence-electron chi connectivity index (χ3n) is 10.5. The molecule has 4 fully saturated rings. The number of anilines is 2. The van der Waals surface area contributed by atoms with Crippen molar-refractivity contribution in [1.82, 2.24) is 25.2 Å². The molecule has 8 atom stereocenters. The molecule has 4 unspecified atom stereocenters. The van der Waals surface area contributed by atoms with Crippen LogP contribution in [0, 0.1) is 30.4 Å². The highest BCUT2D eigenvalue weighted by Crippen LogP contribution is 2.49. The van der Waals surface area contributed by atoms with E-state index in [9.17, 15) is 22.0 Å². The van der Waals surface area contributed by atoms with Crippen molar-refractivity contribution in [2.24, 2.45) is 11.8 Å². The summed E-state index contributed by atoms with van der Waals surface area (Å²) < 4.78 is 101. The SMILES string of the molecule is CC[C@@H]1N[C@H]2CC2[C@@H]1[C@H](C)Oc1nc(-c2cc(N)c(F)c(C)c2C(F)(F)F)c(F)c2nc(OCC3CC(F)C4CCCN34)nc(N)c12. The van der Waals surface area contributed by atoms with Gasteiger partial charge in [-0.25, -0.2) is 18.2 Å². The number of nitrogens with one attached hydrogen (secondary N) is 1. The van der Waals surface area contributed by atoms with Crippen LogP contribution in [0.3, 0.4) is 0 Å². The van der Waals surface area contributed by atoms with Gasteiger partial charge < -0.3 is 26.3 Å². The lowest BCUT2D eigenvalue weighted by atomic mass is 9.90. The predicted octanol–water partition coefficient (Wildman–Crippen LogP) is 5.57. The molecule has 15 heteroatoms. The van der Waals surface area contributed by atoms with Gasteiger partial charge in [-0.05, 0) is 70.0 Å². The summed E-state index contributed by atoms with van der Waals surface area (Å²) in [6, 6.07) is 0.441. The zero-order valence-corrected chi connectivity index (χ0v) is 26.2. The molecule has 9 nitrogen and oxygen atoms in total. The van der Waals surface area contributed by atoms with Gasteiger partial charge in [0, 0.05) is 35.6 Å². The monoisotopic (exact) mass is 665 g/mol. The summed E-state index contributed by atoms with van der Waals surface area (Å²) in [6.45, 7) is 5.52. The Labute approximate surface area is 267 Å². The van der Waals surface area contributed by atoms with Gasteiger partial charge in [-0.1, -0.05) is 6.92 Å². The third-order valence-corrected chi connectivity index (χ3v) is 10.5. The van der Waals surface area contributed by atoms with Gasteiger partial charge in [-0.2, -0.15) is 23.1 Å². The zero-order chi connectivity index (χ0) is 33.5. The Morgan fingerprint density at radius 2 is 1.89 bits per heavy atom. The number of pyridine rings is 1. The van der Waals surface area contributed by atoms with Gasteiger partial charge in [-0.3, -0.25) is 4.90 Å². The molecule has 1 aromatic carbocycles. The van der Waals surface area contributed by atoms with Crippen molar-refractivity contribution in [3.05, 3.63) is 28.8 Å². The fraction of sp³-hybridized carbons (Fsp3) is 0.594. The van der Waals surface area contributed by atoms with Crippen LogP contribution in [-0.2, 0) is 6.18 Å². The van der Waals surface area contributed by atoms with Gasteiger partial charge in [0.15, 0.2) is 5.82 Å². The molecule has 0 spiro atoms. The lowest BCUT2D eigenvalue weighted by molar-refractivity contribution is -0.137. The highest BCUT2D eigenvalue weighted by atomic mass is 19.4. The summed E-state index contributed by atoms with van der Waals surface area (Å²) in [6.07, 6.45) is -2.91. The number of piperidine rings is 1. The number of nitrogens with two attached hydrogens (primary N) is 2. The second-order valence-corrected chi connectivity index (χ2v) is 13.3. The molecule has 3 saturated heterocycles. The molecule has 5 heterocycles. The van der Waals surface area contributed by atoms with Crippen LogP contribution in [0.15, 0.2) is 6.07 Å². The molecule has 1 aliphatic carbocycles. The van der Waals surface area contributed by atoms with Crippen LogP contribution in [0.2, 0.25) is 0 Å². The Morgan fingerprint density at radius 3 is 2.62 bits per heavy atom. The number of fused-ring (bicyclic) bond motifs is 3. The van der Waals surface area contributed by atoms with Crippen LogP contribution in [-0.4, -0.2) is 69.4 Å². The lowest BCUT2D eigenvalue weighted by Crippen LogP contribution is -2.38. The molecule has 1 saturated carbocycles. The smallest absolute Gasteiger partial charge is 0.417 e. The molecular formula is C32H37F6N7O2. The van der Waals surface area contributed by atoms with Crippen LogP contribution < -0.4 is 26.3 Å². The van der Waals surface area contributed by atoms with E-state index < -0.39 is 63.7 Å². The summed E-state index contributed by atoms with van der Waals surface area (Å²) >= 11 is 0. The standard InChI is InChI=1S/C32H37F6N7O2/c1-4-19-22(15-10-20(15)41-19)13(3)47-30-23-28(26(35)27(42-30)16-9-18(39)25(34)12(2)24(16)32(36,37)38)43-31(44-29(23)40)46-11-14-8-17(33)21-6-5-7-45(14)21/h9,13-15,17,19-22,41H,4-8,10-11,39H2,1-3H3,(H2,40,43,44)/t13-,14?,15?,17?,19-,20-,21?,22-/m0/s1. The maximum absolute atomic E-state index is 16.5. The number of hydrogen-bond acceptors (Lipinski definition) is 9. The molecule has 3 aromatic rings. The maximum atomic E-state index is 16.5. The first kappa shape index (κ1) is 32.0. The number of hydrogen-bond donors (Lipinski definition) is 3. The largest absolute Gasteiger partial charge is 0.474 e. The molecule has 2 aromatic heterocycles. The van der Waals surface area contributed by atoms with E-state index in [1.54, 1.807) is 0 Å². The fourth-order valence-electron chi connectivity index (χ4n) is 8.22. The van der Waals surface area contributed by atoms with Crippen LogP contribution in [0.25, 0.3) is 22.2 Å². The summed E-state index contributed by atoms with van der Waals surface area (Å²) in [5, 5.41) is 3.43. The molecule has 0 amide bonds. The number of nitrogen functional groups attached to an aromatic ring is 2. The molecule has 0 bridgehead atoms. The van der Waals surface area contributed by atoms with Crippen molar-refractivity contribution < 1.29 is 35.8 Å². The number of aromatic nitrogens is 3. The fourth-order valence-corrected chi connectivity index (χ4v) is 8.22. The van der Waals surface area contributed by atoms with E-state index >= 15 is 4.39 Å². The number of halogens is 6. The highest BCUT2D eigenvalue weighted by Gasteiger charge is 2.55.